The van der Waals surface area contributed by atoms with E-state index in [1.807, 2.05) is 0 Å². The Hall–Kier alpha value is -2.24. The topological polar surface area (TPSA) is 84.9 Å². The fourth-order valence-electron chi connectivity index (χ4n) is 4.32. The maximum absolute atomic E-state index is 12.8. The van der Waals surface area contributed by atoms with E-state index in [-0.39, 0.29) is 17.7 Å². The highest BCUT2D eigenvalue weighted by Crippen LogP contribution is 2.49. The number of rotatable bonds is 5. The van der Waals surface area contributed by atoms with Crippen molar-refractivity contribution in [1.82, 2.24) is 0 Å². The van der Waals surface area contributed by atoms with Gasteiger partial charge in [0.15, 0.2) is 11.5 Å². The maximum atomic E-state index is 12.8. The van der Waals surface area contributed by atoms with Crippen LogP contribution in [-0.2, 0) is 9.59 Å². The van der Waals surface area contributed by atoms with E-state index in [9.17, 15) is 14.7 Å². The van der Waals surface area contributed by atoms with Gasteiger partial charge in [-0.15, -0.1) is 0 Å². The Labute approximate surface area is 141 Å². The first-order valence-corrected chi connectivity index (χ1v) is 8.30. The van der Waals surface area contributed by atoms with E-state index >= 15 is 0 Å². The molecule has 1 aromatic rings. The number of carbonyl (C=O) groups is 2. The number of carboxylic acid groups (broad SMARTS) is 1. The van der Waals surface area contributed by atoms with Gasteiger partial charge in [-0.1, -0.05) is 0 Å². The number of carboxylic acids is 1. The number of fused-ring (bicyclic) bond motifs is 3. The van der Waals surface area contributed by atoms with Crippen molar-refractivity contribution in [2.45, 2.75) is 25.7 Å². The van der Waals surface area contributed by atoms with Gasteiger partial charge in [0, 0.05) is 11.8 Å². The third-order valence-corrected chi connectivity index (χ3v) is 5.46. The van der Waals surface area contributed by atoms with Crippen LogP contribution in [0.1, 0.15) is 25.7 Å². The number of anilines is 1. The largest absolute Gasteiger partial charge is 0.493 e. The Morgan fingerprint density at radius 1 is 1.00 bits per heavy atom. The normalized spacial score (nSPS) is 28.2. The molecule has 0 spiro atoms. The van der Waals surface area contributed by atoms with Crippen LogP contribution in [0.15, 0.2) is 18.2 Å². The van der Waals surface area contributed by atoms with Gasteiger partial charge in [0.1, 0.15) is 0 Å². The second-order valence-corrected chi connectivity index (χ2v) is 6.62. The molecule has 2 N–H and O–H groups in total. The fourth-order valence-corrected chi connectivity index (χ4v) is 4.32. The molecule has 1 aromatic carbocycles. The molecule has 24 heavy (non-hydrogen) atoms. The summed E-state index contributed by atoms with van der Waals surface area (Å²) < 4.78 is 10.4. The zero-order valence-corrected chi connectivity index (χ0v) is 14.0. The van der Waals surface area contributed by atoms with E-state index in [4.69, 9.17) is 9.47 Å². The molecule has 0 heterocycles. The summed E-state index contributed by atoms with van der Waals surface area (Å²) in [6, 6.07) is 5.14. The van der Waals surface area contributed by atoms with Crippen LogP contribution in [0.5, 0.6) is 11.5 Å². The van der Waals surface area contributed by atoms with Gasteiger partial charge in [0.2, 0.25) is 5.91 Å². The number of hydrogen-bond acceptors (Lipinski definition) is 4. The molecule has 6 nitrogen and oxygen atoms in total. The van der Waals surface area contributed by atoms with Crippen LogP contribution in [0.2, 0.25) is 0 Å². The minimum Gasteiger partial charge on any atom is -0.493 e. The van der Waals surface area contributed by atoms with E-state index in [0.717, 1.165) is 25.7 Å². The standard InChI is InChI=1S/C18H23NO5/c1-23-13-8-7-12(9-14(13)24-2)19-17(20)15-10-3-5-11(6-4-10)16(15)18(21)22/h7-11,15-16H,3-6H2,1-2H3,(H,19,20)(H,21,22)/t10?,11?,15-,16+/m0/s1. The van der Waals surface area contributed by atoms with Gasteiger partial charge in [-0.05, 0) is 49.7 Å². The minimum absolute atomic E-state index is 0.119. The zero-order valence-electron chi connectivity index (χ0n) is 14.0. The summed E-state index contributed by atoms with van der Waals surface area (Å²) in [5.74, 6) is -0.697. The van der Waals surface area contributed by atoms with E-state index in [0.29, 0.717) is 17.2 Å². The van der Waals surface area contributed by atoms with Gasteiger partial charge >= 0.3 is 5.97 Å². The van der Waals surface area contributed by atoms with Crippen LogP contribution in [0.3, 0.4) is 0 Å². The molecule has 2 atom stereocenters. The molecule has 0 aliphatic heterocycles. The van der Waals surface area contributed by atoms with Gasteiger partial charge in [-0.25, -0.2) is 0 Å². The summed E-state index contributed by atoms with van der Waals surface area (Å²) in [4.78, 5) is 24.5. The second-order valence-electron chi connectivity index (χ2n) is 6.62. The Morgan fingerprint density at radius 2 is 1.58 bits per heavy atom. The van der Waals surface area contributed by atoms with Crippen molar-refractivity contribution >= 4 is 17.6 Å². The number of aliphatic carboxylic acids is 1. The molecular formula is C18H23NO5. The van der Waals surface area contributed by atoms with Crippen molar-refractivity contribution in [2.24, 2.45) is 23.7 Å². The molecule has 3 aliphatic rings. The quantitative estimate of drug-likeness (QED) is 0.865. The van der Waals surface area contributed by atoms with Crippen LogP contribution in [0.25, 0.3) is 0 Å². The molecule has 0 aromatic heterocycles. The van der Waals surface area contributed by atoms with Crippen molar-refractivity contribution in [3.63, 3.8) is 0 Å². The highest BCUT2D eigenvalue weighted by molar-refractivity contribution is 5.96. The van der Waals surface area contributed by atoms with Gasteiger partial charge in [-0.2, -0.15) is 0 Å². The molecule has 4 rings (SSSR count). The van der Waals surface area contributed by atoms with Crippen molar-refractivity contribution in [3.8, 4) is 11.5 Å². The van der Waals surface area contributed by atoms with Gasteiger partial charge in [0.25, 0.3) is 0 Å². The second kappa shape index (κ2) is 6.71. The lowest BCUT2D eigenvalue weighted by atomic mass is 9.58. The van der Waals surface area contributed by atoms with Gasteiger partial charge < -0.3 is 19.9 Å². The van der Waals surface area contributed by atoms with Crippen molar-refractivity contribution in [2.75, 3.05) is 19.5 Å². The molecule has 2 bridgehead atoms. The molecule has 0 saturated heterocycles. The van der Waals surface area contributed by atoms with E-state index < -0.39 is 17.8 Å². The zero-order chi connectivity index (χ0) is 17.3. The van der Waals surface area contributed by atoms with E-state index in [2.05, 4.69) is 5.32 Å². The summed E-state index contributed by atoms with van der Waals surface area (Å²) in [6.07, 6.45) is 3.72. The SMILES string of the molecule is COc1ccc(NC(=O)[C@H]2C3CCC(CC3)[C@H]2C(=O)O)cc1OC. The highest BCUT2D eigenvalue weighted by atomic mass is 16.5. The first kappa shape index (κ1) is 16.6. The highest BCUT2D eigenvalue weighted by Gasteiger charge is 2.50. The average molecular weight is 333 g/mol. The van der Waals surface area contributed by atoms with Crippen LogP contribution in [0, 0.1) is 23.7 Å². The summed E-state index contributed by atoms with van der Waals surface area (Å²) in [6.45, 7) is 0. The Balaban J connectivity index is 1.80. The number of ether oxygens (including phenoxy) is 2. The van der Waals surface area contributed by atoms with E-state index in [1.54, 1.807) is 25.3 Å². The van der Waals surface area contributed by atoms with Gasteiger partial charge in [-0.3, -0.25) is 9.59 Å². The summed E-state index contributed by atoms with van der Waals surface area (Å²) in [7, 11) is 3.08. The summed E-state index contributed by atoms with van der Waals surface area (Å²) in [5.41, 5.74) is 0.586. The van der Waals surface area contributed by atoms with Crippen molar-refractivity contribution in [3.05, 3.63) is 18.2 Å². The molecule has 130 valence electrons. The first-order chi connectivity index (χ1) is 11.5. The predicted molar refractivity (Wildman–Crippen MR) is 88.2 cm³/mol. The molecule has 3 aliphatic carbocycles. The summed E-state index contributed by atoms with van der Waals surface area (Å²) in [5, 5.41) is 12.4. The molecule has 1 amide bonds. The molecule has 0 unspecified atom stereocenters. The number of nitrogens with one attached hydrogen (secondary N) is 1. The number of benzene rings is 1. The smallest absolute Gasteiger partial charge is 0.307 e. The lowest BCUT2D eigenvalue weighted by Crippen LogP contribution is -2.49. The molecule has 6 heteroatoms. The number of hydrogen-bond donors (Lipinski definition) is 2. The maximum Gasteiger partial charge on any atom is 0.307 e. The Bertz CT molecular complexity index is 636. The first-order valence-electron chi connectivity index (χ1n) is 8.30. The Morgan fingerprint density at radius 3 is 2.12 bits per heavy atom. The number of amides is 1. The summed E-state index contributed by atoms with van der Waals surface area (Å²) >= 11 is 0. The molecule has 3 fully saturated rings. The molecular weight excluding hydrogens is 310 g/mol. The third kappa shape index (κ3) is 2.92. The lowest BCUT2D eigenvalue weighted by Gasteiger charge is -2.45. The van der Waals surface area contributed by atoms with Gasteiger partial charge in [0.05, 0.1) is 26.1 Å². The molecule has 0 radical (unpaired) electrons. The number of methoxy groups -OCH3 is 2. The van der Waals surface area contributed by atoms with Crippen LogP contribution in [0.4, 0.5) is 5.69 Å². The fraction of sp³-hybridized carbons (Fsp3) is 0.556. The van der Waals surface area contributed by atoms with E-state index in [1.165, 1.54) is 7.11 Å². The van der Waals surface area contributed by atoms with Crippen molar-refractivity contribution < 1.29 is 24.2 Å². The monoisotopic (exact) mass is 333 g/mol. The molecule has 3 saturated carbocycles. The average Bonchev–Trinajstić information content (AvgIpc) is 2.61. The van der Waals surface area contributed by atoms with Crippen LogP contribution in [-0.4, -0.2) is 31.2 Å². The Kier molecular flexibility index (Phi) is 4.64. The van der Waals surface area contributed by atoms with Crippen LogP contribution < -0.4 is 14.8 Å². The number of carbonyl (C=O) groups excluding carboxylic acids is 1. The minimum atomic E-state index is -0.850. The predicted octanol–water partition coefficient (Wildman–Crippen LogP) is 2.78. The lowest BCUT2D eigenvalue weighted by molar-refractivity contribution is -0.156. The van der Waals surface area contributed by atoms with Crippen LogP contribution >= 0.6 is 0 Å². The third-order valence-electron chi connectivity index (χ3n) is 5.46. The van der Waals surface area contributed by atoms with Crippen molar-refractivity contribution in [1.29, 1.82) is 0 Å².